The molecule has 0 spiro atoms. The Morgan fingerprint density at radius 3 is 2.09 bits per heavy atom. The second-order valence-electron chi connectivity index (χ2n) is 7.54. The Bertz CT molecular complexity index is 1120. The van der Waals surface area contributed by atoms with E-state index >= 15 is 0 Å². The van der Waals surface area contributed by atoms with Crippen molar-refractivity contribution in [1.29, 1.82) is 0 Å². The van der Waals surface area contributed by atoms with E-state index < -0.39 is 5.97 Å². The first kappa shape index (κ1) is 21.4. The summed E-state index contributed by atoms with van der Waals surface area (Å²) in [7, 11) is 4.56. The van der Waals surface area contributed by atoms with Crippen LogP contribution in [-0.2, 0) is 11.2 Å². The van der Waals surface area contributed by atoms with Crippen LogP contribution in [0.4, 0.5) is 0 Å². The lowest BCUT2D eigenvalue weighted by molar-refractivity contribution is 0.0599. The van der Waals surface area contributed by atoms with Crippen LogP contribution >= 0.6 is 0 Å². The molecule has 1 amide bonds. The lowest BCUT2D eigenvalue weighted by Crippen LogP contribution is -2.40. The molecule has 1 heterocycles. The maximum Gasteiger partial charge on any atom is 0.337 e. The number of methoxy groups -OCH3 is 3. The highest BCUT2D eigenvalue weighted by atomic mass is 16.5. The number of rotatable bonds is 5. The number of fused-ring (bicyclic) bond motifs is 1. The fourth-order valence-electron chi connectivity index (χ4n) is 4.19. The molecule has 1 aliphatic heterocycles. The van der Waals surface area contributed by atoms with Gasteiger partial charge in [0.05, 0.1) is 32.9 Å². The van der Waals surface area contributed by atoms with Crippen molar-refractivity contribution in [1.82, 2.24) is 4.90 Å². The predicted molar refractivity (Wildman–Crippen MR) is 120 cm³/mol. The molecule has 6 nitrogen and oxygen atoms in total. The average molecular weight is 431 g/mol. The number of hydrogen-bond acceptors (Lipinski definition) is 5. The van der Waals surface area contributed by atoms with Crippen molar-refractivity contribution in [3.8, 4) is 11.5 Å². The Hall–Kier alpha value is -3.80. The minimum Gasteiger partial charge on any atom is -0.493 e. The molecule has 1 atom stereocenters. The standard InChI is InChI=1S/C26H25NO5/c1-30-22-15-20-13-14-27(25(28)18-9-11-19(12-10-18)26(29)32-3)24(17-7-5-4-6-8-17)21(20)16-23(22)31-2/h4-12,15-16,24H,13-14H2,1-3H3. The molecule has 3 aromatic carbocycles. The first-order chi connectivity index (χ1) is 15.6. The quantitative estimate of drug-likeness (QED) is 0.564. The topological polar surface area (TPSA) is 65.1 Å². The zero-order chi connectivity index (χ0) is 22.7. The predicted octanol–water partition coefficient (Wildman–Crippen LogP) is 4.28. The third-order valence-corrected chi connectivity index (χ3v) is 5.80. The van der Waals surface area contributed by atoms with E-state index in [1.807, 2.05) is 47.4 Å². The molecule has 0 fully saturated rings. The number of esters is 1. The second-order valence-corrected chi connectivity index (χ2v) is 7.54. The van der Waals surface area contributed by atoms with Gasteiger partial charge in [0.2, 0.25) is 0 Å². The first-order valence-electron chi connectivity index (χ1n) is 10.4. The van der Waals surface area contributed by atoms with E-state index in [4.69, 9.17) is 14.2 Å². The molecule has 0 saturated carbocycles. The van der Waals surface area contributed by atoms with Crippen LogP contribution in [-0.4, -0.2) is 44.7 Å². The largest absolute Gasteiger partial charge is 0.493 e. The van der Waals surface area contributed by atoms with Crippen molar-refractivity contribution in [2.75, 3.05) is 27.9 Å². The summed E-state index contributed by atoms with van der Waals surface area (Å²) in [4.78, 5) is 27.2. The molecule has 0 aliphatic carbocycles. The highest BCUT2D eigenvalue weighted by Gasteiger charge is 2.33. The molecule has 32 heavy (non-hydrogen) atoms. The summed E-state index contributed by atoms with van der Waals surface area (Å²) in [6.07, 6.45) is 0.699. The minimum atomic E-state index is -0.431. The van der Waals surface area contributed by atoms with Gasteiger partial charge in [-0.1, -0.05) is 30.3 Å². The highest BCUT2D eigenvalue weighted by Crippen LogP contribution is 2.41. The van der Waals surface area contributed by atoms with Crippen molar-refractivity contribution in [2.45, 2.75) is 12.5 Å². The van der Waals surface area contributed by atoms with Crippen LogP contribution in [0.5, 0.6) is 11.5 Å². The van der Waals surface area contributed by atoms with Crippen molar-refractivity contribution < 1.29 is 23.8 Å². The fraction of sp³-hybridized carbons (Fsp3) is 0.231. The Balaban J connectivity index is 1.77. The number of nitrogens with zero attached hydrogens (tertiary/aromatic N) is 1. The van der Waals surface area contributed by atoms with Crippen LogP contribution in [0.25, 0.3) is 0 Å². The van der Waals surface area contributed by atoms with Crippen molar-refractivity contribution >= 4 is 11.9 Å². The number of hydrogen-bond donors (Lipinski definition) is 0. The summed E-state index contributed by atoms with van der Waals surface area (Å²) in [5.41, 5.74) is 4.08. The van der Waals surface area contributed by atoms with Crippen molar-refractivity contribution in [2.24, 2.45) is 0 Å². The summed E-state index contributed by atoms with van der Waals surface area (Å²) in [5, 5.41) is 0. The molecular weight excluding hydrogens is 406 g/mol. The number of ether oxygens (including phenoxy) is 3. The fourth-order valence-corrected chi connectivity index (χ4v) is 4.19. The first-order valence-corrected chi connectivity index (χ1v) is 10.4. The SMILES string of the molecule is COC(=O)c1ccc(C(=O)N2CCc3cc(OC)c(OC)cc3C2c2ccccc2)cc1. The molecule has 0 bridgehead atoms. The summed E-state index contributed by atoms with van der Waals surface area (Å²) in [6, 6.07) is 20.2. The van der Waals surface area contributed by atoms with Crippen LogP contribution in [0.1, 0.15) is 43.4 Å². The van der Waals surface area contributed by atoms with Gasteiger partial charge in [0.25, 0.3) is 5.91 Å². The number of benzene rings is 3. The molecule has 0 aromatic heterocycles. The monoisotopic (exact) mass is 431 g/mol. The highest BCUT2D eigenvalue weighted by molar-refractivity contribution is 5.96. The van der Waals surface area contributed by atoms with E-state index in [9.17, 15) is 9.59 Å². The zero-order valence-corrected chi connectivity index (χ0v) is 18.3. The van der Waals surface area contributed by atoms with E-state index in [2.05, 4.69) is 0 Å². The molecule has 0 radical (unpaired) electrons. The van der Waals surface area contributed by atoms with E-state index in [0.717, 1.165) is 16.7 Å². The van der Waals surface area contributed by atoms with Crippen LogP contribution in [0.2, 0.25) is 0 Å². The minimum absolute atomic E-state index is 0.101. The van der Waals surface area contributed by atoms with Gasteiger partial charge in [0, 0.05) is 12.1 Å². The van der Waals surface area contributed by atoms with Crippen LogP contribution in [0.3, 0.4) is 0 Å². The van der Waals surface area contributed by atoms with Gasteiger partial charge in [-0.2, -0.15) is 0 Å². The summed E-state index contributed by atoms with van der Waals surface area (Å²) in [5.74, 6) is 0.773. The van der Waals surface area contributed by atoms with Gasteiger partial charge in [-0.15, -0.1) is 0 Å². The molecule has 4 rings (SSSR count). The Morgan fingerprint density at radius 2 is 1.47 bits per heavy atom. The van der Waals surface area contributed by atoms with Crippen LogP contribution in [0, 0.1) is 0 Å². The third-order valence-electron chi connectivity index (χ3n) is 5.80. The molecule has 1 aliphatic rings. The summed E-state index contributed by atoms with van der Waals surface area (Å²) in [6.45, 7) is 0.555. The van der Waals surface area contributed by atoms with Crippen molar-refractivity contribution in [3.05, 3.63) is 94.5 Å². The maximum atomic E-state index is 13.6. The molecule has 0 N–H and O–H groups in total. The van der Waals surface area contributed by atoms with E-state index in [-0.39, 0.29) is 11.9 Å². The smallest absolute Gasteiger partial charge is 0.337 e. The molecule has 1 unspecified atom stereocenters. The summed E-state index contributed by atoms with van der Waals surface area (Å²) >= 11 is 0. The van der Waals surface area contributed by atoms with Gasteiger partial charge in [-0.05, 0) is 59.5 Å². The number of carbonyl (C=O) groups is 2. The van der Waals surface area contributed by atoms with Crippen LogP contribution < -0.4 is 9.47 Å². The zero-order valence-electron chi connectivity index (χ0n) is 18.3. The third kappa shape index (κ3) is 3.91. The van der Waals surface area contributed by atoms with Gasteiger partial charge in [0.15, 0.2) is 11.5 Å². The lowest BCUT2D eigenvalue weighted by Gasteiger charge is -2.38. The molecular formula is C26H25NO5. The Labute approximate surface area is 187 Å². The second kappa shape index (κ2) is 9.14. The molecule has 164 valence electrons. The van der Waals surface area contributed by atoms with Gasteiger partial charge < -0.3 is 19.1 Å². The van der Waals surface area contributed by atoms with E-state index in [0.29, 0.717) is 35.6 Å². The van der Waals surface area contributed by atoms with Gasteiger partial charge in [-0.25, -0.2) is 4.79 Å². The lowest BCUT2D eigenvalue weighted by atomic mass is 9.87. The number of carbonyl (C=O) groups excluding carboxylic acids is 2. The van der Waals surface area contributed by atoms with Gasteiger partial charge >= 0.3 is 5.97 Å². The molecule has 0 saturated heterocycles. The Morgan fingerprint density at radius 1 is 0.844 bits per heavy atom. The maximum absolute atomic E-state index is 13.6. The normalized spacial score (nSPS) is 15.0. The van der Waals surface area contributed by atoms with Crippen LogP contribution in [0.15, 0.2) is 66.7 Å². The van der Waals surface area contributed by atoms with E-state index in [1.165, 1.54) is 7.11 Å². The Kier molecular flexibility index (Phi) is 6.12. The molecule has 6 heteroatoms. The number of amides is 1. The summed E-state index contributed by atoms with van der Waals surface area (Å²) < 4.78 is 15.8. The van der Waals surface area contributed by atoms with Gasteiger partial charge in [-0.3, -0.25) is 4.79 Å². The average Bonchev–Trinajstić information content (AvgIpc) is 2.86. The molecule has 3 aromatic rings. The van der Waals surface area contributed by atoms with Crippen molar-refractivity contribution in [3.63, 3.8) is 0 Å². The van der Waals surface area contributed by atoms with Gasteiger partial charge in [0.1, 0.15) is 0 Å². The van der Waals surface area contributed by atoms with E-state index in [1.54, 1.807) is 38.5 Å².